The highest BCUT2D eigenvalue weighted by Gasteiger charge is 2.09. The average Bonchev–Trinajstić information content (AvgIpc) is 2.43. The van der Waals surface area contributed by atoms with Gasteiger partial charge >= 0.3 is 0 Å². The molecule has 0 aromatic heterocycles. The Kier molecular flexibility index (Phi) is 10.2. The van der Waals surface area contributed by atoms with Crippen molar-refractivity contribution < 1.29 is 0 Å². The molecule has 0 spiro atoms. The van der Waals surface area contributed by atoms with Gasteiger partial charge in [0.25, 0.3) is 0 Å². The first kappa shape index (κ1) is 16.8. The van der Waals surface area contributed by atoms with Crippen LogP contribution in [0.15, 0.2) is 11.6 Å². The molecule has 0 aromatic rings. The summed E-state index contributed by atoms with van der Waals surface area (Å²) in [6.45, 7) is 2.29. The van der Waals surface area contributed by atoms with Crippen molar-refractivity contribution in [1.82, 2.24) is 0 Å². The molecule has 0 bridgehead atoms. The van der Waals surface area contributed by atoms with Crippen molar-refractivity contribution in [1.29, 1.82) is 0 Å². The summed E-state index contributed by atoms with van der Waals surface area (Å²) >= 11 is 0. The molecule has 0 aliphatic heterocycles. The highest BCUT2D eigenvalue weighted by atomic mass is 14.6. The second kappa shape index (κ2) is 11.5. The van der Waals surface area contributed by atoms with Crippen LogP contribution >= 0.6 is 0 Å². The third kappa shape index (κ3) is 9.27. The maximum atomic E-state index is 5.91. The van der Waals surface area contributed by atoms with Crippen molar-refractivity contribution in [2.75, 3.05) is 0 Å². The quantitative estimate of drug-likeness (QED) is 0.374. The van der Waals surface area contributed by atoms with Gasteiger partial charge in [0.05, 0.1) is 0 Å². The molecule has 1 aliphatic carbocycles. The summed E-state index contributed by atoms with van der Waals surface area (Å²) in [6, 6.07) is 0.441. The minimum absolute atomic E-state index is 0.441. The first-order valence-electron chi connectivity index (χ1n) is 8.76. The molecule has 2 N–H and O–H groups in total. The SMILES string of the molecule is CCCCCCCCCCCCC1=CCC(N)CC1. The van der Waals surface area contributed by atoms with Gasteiger partial charge in [-0.1, -0.05) is 76.4 Å². The van der Waals surface area contributed by atoms with Crippen LogP contribution in [0, 0.1) is 0 Å². The Morgan fingerprint density at radius 1 is 0.947 bits per heavy atom. The van der Waals surface area contributed by atoms with Gasteiger partial charge in [0, 0.05) is 6.04 Å². The zero-order valence-electron chi connectivity index (χ0n) is 13.1. The number of hydrogen-bond acceptors (Lipinski definition) is 1. The van der Waals surface area contributed by atoms with Crippen LogP contribution in [0.5, 0.6) is 0 Å². The zero-order valence-corrected chi connectivity index (χ0v) is 13.1. The van der Waals surface area contributed by atoms with Gasteiger partial charge in [-0.2, -0.15) is 0 Å². The highest BCUT2D eigenvalue weighted by molar-refractivity contribution is 5.07. The minimum Gasteiger partial charge on any atom is -0.327 e. The Morgan fingerprint density at radius 2 is 1.53 bits per heavy atom. The predicted octanol–water partition coefficient (Wildman–Crippen LogP) is 5.74. The molecule has 1 atom stereocenters. The normalized spacial score (nSPS) is 19.5. The largest absolute Gasteiger partial charge is 0.327 e. The number of allylic oxidation sites excluding steroid dienone is 1. The number of nitrogens with two attached hydrogens (primary N) is 1. The van der Waals surface area contributed by atoms with E-state index in [9.17, 15) is 0 Å². The molecule has 0 fully saturated rings. The van der Waals surface area contributed by atoms with E-state index in [2.05, 4.69) is 13.0 Å². The second-order valence-electron chi connectivity index (χ2n) is 6.33. The molecule has 1 nitrogen and oxygen atoms in total. The van der Waals surface area contributed by atoms with Gasteiger partial charge in [-0.3, -0.25) is 0 Å². The fraction of sp³-hybridized carbons (Fsp3) is 0.889. The van der Waals surface area contributed by atoms with E-state index in [1.807, 2.05) is 0 Å². The molecule has 19 heavy (non-hydrogen) atoms. The van der Waals surface area contributed by atoms with Gasteiger partial charge in [0.2, 0.25) is 0 Å². The second-order valence-corrected chi connectivity index (χ2v) is 6.33. The van der Waals surface area contributed by atoms with Crippen LogP contribution in [0.3, 0.4) is 0 Å². The number of unbranched alkanes of at least 4 members (excludes halogenated alkanes) is 9. The van der Waals surface area contributed by atoms with Crippen LogP contribution in [-0.2, 0) is 0 Å². The lowest BCUT2D eigenvalue weighted by Gasteiger charge is -2.18. The topological polar surface area (TPSA) is 26.0 Å². The maximum absolute atomic E-state index is 5.91. The number of hydrogen-bond donors (Lipinski definition) is 1. The monoisotopic (exact) mass is 265 g/mol. The van der Waals surface area contributed by atoms with Crippen LogP contribution in [-0.4, -0.2) is 6.04 Å². The van der Waals surface area contributed by atoms with Crippen molar-refractivity contribution in [2.24, 2.45) is 5.73 Å². The smallest absolute Gasteiger partial charge is 0.00765 e. The van der Waals surface area contributed by atoms with Crippen molar-refractivity contribution in [3.63, 3.8) is 0 Å². The zero-order chi connectivity index (χ0) is 13.8. The van der Waals surface area contributed by atoms with E-state index in [1.165, 1.54) is 83.5 Å². The average molecular weight is 265 g/mol. The fourth-order valence-corrected chi connectivity index (χ4v) is 2.98. The molecule has 1 heteroatoms. The van der Waals surface area contributed by atoms with E-state index < -0.39 is 0 Å². The lowest BCUT2D eigenvalue weighted by Crippen LogP contribution is -2.21. The van der Waals surface area contributed by atoms with Crippen LogP contribution in [0.1, 0.15) is 96.8 Å². The van der Waals surface area contributed by atoms with Crippen molar-refractivity contribution in [3.05, 3.63) is 11.6 Å². The van der Waals surface area contributed by atoms with Gasteiger partial charge < -0.3 is 5.73 Å². The van der Waals surface area contributed by atoms with Crippen molar-refractivity contribution in [3.8, 4) is 0 Å². The molecule has 1 aliphatic rings. The fourth-order valence-electron chi connectivity index (χ4n) is 2.98. The van der Waals surface area contributed by atoms with Gasteiger partial charge in [0.15, 0.2) is 0 Å². The summed E-state index contributed by atoms with van der Waals surface area (Å²) < 4.78 is 0. The highest BCUT2D eigenvalue weighted by Crippen LogP contribution is 2.22. The lowest BCUT2D eigenvalue weighted by molar-refractivity contribution is 0.542. The molecular formula is C18H35N. The van der Waals surface area contributed by atoms with E-state index in [1.54, 1.807) is 5.57 Å². The third-order valence-corrected chi connectivity index (χ3v) is 4.40. The van der Waals surface area contributed by atoms with Crippen LogP contribution in [0.2, 0.25) is 0 Å². The van der Waals surface area contributed by atoms with Crippen LogP contribution < -0.4 is 5.73 Å². The number of rotatable bonds is 11. The molecule has 1 unspecified atom stereocenters. The summed E-state index contributed by atoms with van der Waals surface area (Å²) in [4.78, 5) is 0. The lowest BCUT2D eigenvalue weighted by atomic mass is 9.92. The molecule has 0 aromatic carbocycles. The molecule has 0 radical (unpaired) electrons. The Hall–Kier alpha value is -0.300. The summed E-state index contributed by atoms with van der Waals surface area (Å²) in [7, 11) is 0. The predicted molar refractivity (Wildman–Crippen MR) is 86.4 cm³/mol. The first-order chi connectivity index (χ1) is 9.33. The van der Waals surface area contributed by atoms with E-state index >= 15 is 0 Å². The van der Waals surface area contributed by atoms with Gasteiger partial charge in [-0.15, -0.1) is 0 Å². The van der Waals surface area contributed by atoms with Crippen molar-refractivity contribution in [2.45, 2.75) is 103 Å². The molecule has 0 saturated heterocycles. The Morgan fingerprint density at radius 3 is 2.05 bits per heavy atom. The third-order valence-electron chi connectivity index (χ3n) is 4.40. The molecular weight excluding hydrogens is 230 g/mol. The maximum Gasteiger partial charge on any atom is 0.00765 e. The summed E-state index contributed by atoms with van der Waals surface area (Å²) in [5.41, 5.74) is 7.59. The molecule has 112 valence electrons. The van der Waals surface area contributed by atoms with Gasteiger partial charge in [0.1, 0.15) is 0 Å². The molecule has 0 amide bonds. The Balaban J connectivity index is 1.81. The van der Waals surface area contributed by atoms with Crippen LogP contribution in [0.4, 0.5) is 0 Å². The Labute approximate surface area is 121 Å². The van der Waals surface area contributed by atoms with Crippen LogP contribution in [0.25, 0.3) is 0 Å². The summed E-state index contributed by atoms with van der Waals surface area (Å²) in [5.74, 6) is 0. The molecule has 1 rings (SSSR count). The minimum atomic E-state index is 0.441. The standard InChI is InChI=1S/C18H35N/c1-2-3-4-5-6-7-8-9-10-11-12-17-13-15-18(19)16-14-17/h13,18H,2-12,14-16,19H2,1H3. The van der Waals surface area contributed by atoms with Crippen molar-refractivity contribution >= 4 is 0 Å². The summed E-state index contributed by atoms with van der Waals surface area (Å²) in [5, 5.41) is 0. The Bertz CT molecular complexity index is 232. The van der Waals surface area contributed by atoms with E-state index in [0.29, 0.717) is 6.04 Å². The van der Waals surface area contributed by atoms with E-state index in [-0.39, 0.29) is 0 Å². The van der Waals surface area contributed by atoms with Gasteiger partial charge in [-0.05, 0) is 32.1 Å². The van der Waals surface area contributed by atoms with Gasteiger partial charge in [-0.25, -0.2) is 0 Å². The molecule has 0 heterocycles. The van der Waals surface area contributed by atoms with E-state index in [4.69, 9.17) is 5.73 Å². The van der Waals surface area contributed by atoms with E-state index in [0.717, 1.165) is 6.42 Å². The first-order valence-corrected chi connectivity index (χ1v) is 8.76. The molecule has 0 saturated carbocycles. The summed E-state index contributed by atoms with van der Waals surface area (Å²) in [6.07, 6.45) is 21.7.